The molecule has 0 radical (unpaired) electrons. The normalized spacial score (nSPS) is 18.8. The molecule has 0 aliphatic carbocycles. The van der Waals surface area contributed by atoms with Crippen LogP contribution in [0.4, 0.5) is 5.69 Å². The van der Waals surface area contributed by atoms with E-state index in [1.54, 1.807) is 0 Å². The minimum Gasteiger partial charge on any atom is -0.353 e. The zero-order valence-electron chi connectivity index (χ0n) is 11.9. The first-order chi connectivity index (χ1) is 9.56. The molecule has 0 bridgehead atoms. The van der Waals surface area contributed by atoms with Gasteiger partial charge in [0, 0.05) is 18.8 Å². The van der Waals surface area contributed by atoms with Gasteiger partial charge in [-0.05, 0) is 23.6 Å². The molecule has 1 fully saturated rings. The van der Waals surface area contributed by atoms with Crippen molar-refractivity contribution >= 4 is 17.5 Å². The van der Waals surface area contributed by atoms with Gasteiger partial charge in [-0.15, -0.1) is 0 Å². The number of nitrogens with one attached hydrogen (secondary N) is 3. The summed E-state index contributed by atoms with van der Waals surface area (Å²) in [6, 6.07) is 7.36. The number of hydrogen-bond donors (Lipinski definition) is 3. The van der Waals surface area contributed by atoms with E-state index >= 15 is 0 Å². The Morgan fingerprint density at radius 3 is 2.60 bits per heavy atom. The molecule has 0 spiro atoms. The van der Waals surface area contributed by atoms with E-state index in [2.05, 4.69) is 29.8 Å². The molecule has 1 atom stereocenters. The molecule has 20 heavy (non-hydrogen) atoms. The van der Waals surface area contributed by atoms with E-state index in [1.807, 2.05) is 24.3 Å². The minimum atomic E-state index is -0.432. The lowest BCUT2D eigenvalue weighted by Crippen LogP contribution is -2.53. The number of hydrogen-bond acceptors (Lipinski definition) is 3. The molecule has 3 N–H and O–H groups in total. The highest BCUT2D eigenvalue weighted by atomic mass is 16.2. The van der Waals surface area contributed by atoms with Crippen LogP contribution in [-0.4, -0.2) is 30.9 Å². The van der Waals surface area contributed by atoms with Crippen molar-refractivity contribution in [1.82, 2.24) is 10.6 Å². The Hall–Kier alpha value is -1.88. The fourth-order valence-corrected chi connectivity index (χ4v) is 2.16. The highest BCUT2D eigenvalue weighted by Crippen LogP contribution is 2.17. The molecule has 5 heteroatoms. The summed E-state index contributed by atoms with van der Waals surface area (Å²) in [6.45, 7) is 5.57. The summed E-state index contributed by atoms with van der Waals surface area (Å²) in [5, 5.41) is 8.59. The maximum Gasteiger partial charge on any atom is 0.237 e. The van der Waals surface area contributed by atoms with Gasteiger partial charge in [-0.3, -0.25) is 9.59 Å². The van der Waals surface area contributed by atoms with Gasteiger partial charge in [0.1, 0.15) is 0 Å². The van der Waals surface area contributed by atoms with Crippen molar-refractivity contribution in [2.75, 3.05) is 18.4 Å². The number of amides is 2. The van der Waals surface area contributed by atoms with E-state index in [0.29, 0.717) is 19.0 Å². The van der Waals surface area contributed by atoms with Crippen LogP contribution < -0.4 is 16.0 Å². The van der Waals surface area contributed by atoms with Crippen LogP contribution in [0.1, 0.15) is 31.7 Å². The lowest BCUT2D eigenvalue weighted by molar-refractivity contribution is -0.127. The van der Waals surface area contributed by atoms with Crippen LogP contribution in [0.25, 0.3) is 0 Å². The number of rotatable bonds is 4. The van der Waals surface area contributed by atoms with Crippen molar-refractivity contribution in [2.24, 2.45) is 0 Å². The molecule has 5 nitrogen and oxygen atoms in total. The van der Waals surface area contributed by atoms with Gasteiger partial charge in [0.25, 0.3) is 0 Å². The van der Waals surface area contributed by atoms with Crippen LogP contribution in [0.2, 0.25) is 0 Å². The SMILES string of the molecule is CC(C)c1ccc(NC(=O)C[C@@H]2NCCNC2=O)cc1. The molecule has 1 aromatic rings. The van der Waals surface area contributed by atoms with E-state index in [4.69, 9.17) is 0 Å². The third kappa shape index (κ3) is 3.81. The zero-order chi connectivity index (χ0) is 14.5. The first-order valence-electron chi connectivity index (χ1n) is 6.97. The van der Waals surface area contributed by atoms with Crippen LogP contribution in [0.15, 0.2) is 24.3 Å². The topological polar surface area (TPSA) is 70.2 Å². The highest BCUT2D eigenvalue weighted by Gasteiger charge is 2.23. The molecular weight excluding hydrogens is 254 g/mol. The maximum absolute atomic E-state index is 11.9. The molecule has 0 aromatic heterocycles. The summed E-state index contributed by atoms with van der Waals surface area (Å²) in [4.78, 5) is 23.5. The summed E-state index contributed by atoms with van der Waals surface area (Å²) in [6.07, 6.45) is 0.151. The predicted molar refractivity (Wildman–Crippen MR) is 78.6 cm³/mol. The smallest absolute Gasteiger partial charge is 0.237 e. The summed E-state index contributed by atoms with van der Waals surface area (Å²) >= 11 is 0. The van der Waals surface area contributed by atoms with Crippen LogP contribution in [0.5, 0.6) is 0 Å². The molecule has 108 valence electrons. The van der Waals surface area contributed by atoms with E-state index in [1.165, 1.54) is 5.56 Å². The first kappa shape index (κ1) is 14.5. The lowest BCUT2D eigenvalue weighted by Gasteiger charge is -2.22. The van der Waals surface area contributed by atoms with Gasteiger partial charge < -0.3 is 16.0 Å². The number of benzene rings is 1. The van der Waals surface area contributed by atoms with Gasteiger partial charge in [0.15, 0.2) is 0 Å². The average Bonchev–Trinajstić information content (AvgIpc) is 2.42. The molecule has 2 rings (SSSR count). The van der Waals surface area contributed by atoms with Gasteiger partial charge in [0.2, 0.25) is 11.8 Å². The molecule has 0 saturated carbocycles. The van der Waals surface area contributed by atoms with Crippen LogP contribution in [0, 0.1) is 0 Å². The Labute approximate surface area is 119 Å². The average molecular weight is 275 g/mol. The van der Waals surface area contributed by atoms with E-state index < -0.39 is 6.04 Å². The van der Waals surface area contributed by atoms with Gasteiger partial charge in [-0.25, -0.2) is 0 Å². The molecular formula is C15H21N3O2. The van der Waals surface area contributed by atoms with Crippen molar-refractivity contribution in [3.05, 3.63) is 29.8 Å². The number of carbonyl (C=O) groups is 2. The molecule has 1 saturated heterocycles. The zero-order valence-corrected chi connectivity index (χ0v) is 11.9. The fourth-order valence-electron chi connectivity index (χ4n) is 2.16. The van der Waals surface area contributed by atoms with Crippen molar-refractivity contribution in [1.29, 1.82) is 0 Å². The number of carbonyl (C=O) groups excluding carboxylic acids is 2. The monoisotopic (exact) mass is 275 g/mol. The second kappa shape index (κ2) is 6.52. The summed E-state index contributed by atoms with van der Waals surface area (Å²) in [5.41, 5.74) is 1.99. The fraction of sp³-hybridized carbons (Fsp3) is 0.467. The second-order valence-corrected chi connectivity index (χ2v) is 5.33. The van der Waals surface area contributed by atoms with Gasteiger partial charge >= 0.3 is 0 Å². The Balaban J connectivity index is 1.89. The Bertz CT molecular complexity index is 482. The highest BCUT2D eigenvalue weighted by molar-refractivity contribution is 5.95. The van der Waals surface area contributed by atoms with Crippen LogP contribution >= 0.6 is 0 Å². The maximum atomic E-state index is 11.9. The molecule has 1 aromatic carbocycles. The molecule has 1 heterocycles. The van der Waals surface area contributed by atoms with E-state index in [-0.39, 0.29) is 18.2 Å². The predicted octanol–water partition coefficient (Wildman–Crippen LogP) is 1.23. The first-order valence-corrected chi connectivity index (χ1v) is 6.97. The van der Waals surface area contributed by atoms with E-state index in [9.17, 15) is 9.59 Å². The van der Waals surface area contributed by atoms with Gasteiger partial charge in [0.05, 0.1) is 12.5 Å². The Morgan fingerprint density at radius 1 is 1.30 bits per heavy atom. The summed E-state index contributed by atoms with van der Waals surface area (Å²) in [5.74, 6) is 0.202. The third-order valence-electron chi connectivity index (χ3n) is 3.38. The van der Waals surface area contributed by atoms with Crippen LogP contribution in [-0.2, 0) is 9.59 Å². The molecule has 2 amide bonds. The van der Waals surface area contributed by atoms with Crippen molar-refractivity contribution in [2.45, 2.75) is 32.2 Å². The number of piperazine rings is 1. The molecule has 1 aliphatic heterocycles. The second-order valence-electron chi connectivity index (χ2n) is 5.33. The summed E-state index contributed by atoms with van der Waals surface area (Å²) < 4.78 is 0. The number of anilines is 1. The van der Waals surface area contributed by atoms with E-state index in [0.717, 1.165) is 5.69 Å². The van der Waals surface area contributed by atoms with Crippen molar-refractivity contribution in [3.63, 3.8) is 0 Å². The minimum absolute atomic E-state index is 0.110. The lowest BCUT2D eigenvalue weighted by atomic mass is 10.0. The molecule has 1 aliphatic rings. The standard InChI is InChI=1S/C15H21N3O2/c1-10(2)11-3-5-12(6-4-11)18-14(19)9-13-15(20)17-8-7-16-13/h3-6,10,13,16H,7-9H2,1-2H3,(H,17,20)(H,18,19)/t13-/m0/s1. The largest absolute Gasteiger partial charge is 0.353 e. The van der Waals surface area contributed by atoms with Gasteiger partial charge in [-0.1, -0.05) is 26.0 Å². The Kier molecular flexibility index (Phi) is 4.74. The Morgan fingerprint density at radius 2 is 2.00 bits per heavy atom. The van der Waals surface area contributed by atoms with Crippen molar-refractivity contribution in [3.8, 4) is 0 Å². The summed E-state index contributed by atoms with van der Waals surface area (Å²) in [7, 11) is 0. The van der Waals surface area contributed by atoms with Crippen LogP contribution in [0.3, 0.4) is 0 Å². The van der Waals surface area contributed by atoms with Crippen molar-refractivity contribution < 1.29 is 9.59 Å². The van der Waals surface area contributed by atoms with Gasteiger partial charge in [-0.2, -0.15) is 0 Å². The quantitative estimate of drug-likeness (QED) is 0.774. The molecule has 0 unspecified atom stereocenters. The third-order valence-corrected chi connectivity index (χ3v) is 3.38.